The average Bonchev–Trinajstić information content (AvgIpc) is 2.71. The molecule has 3 aromatic rings. The number of carbonyl (C=O) groups excluding carboxylic acids is 1. The minimum Gasteiger partial charge on any atom is -0.378 e. The van der Waals surface area contributed by atoms with Gasteiger partial charge in [0.15, 0.2) is 0 Å². The topological polar surface area (TPSA) is 80.5 Å². The summed E-state index contributed by atoms with van der Waals surface area (Å²) in [6.45, 7) is 2.89. The monoisotopic (exact) mass is 400 g/mol. The van der Waals surface area contributed by atoms with Gasteiger partial charge in [-0.1, -0.05) is 11.6 Å². The molecule has 1 aliphatic heterocycles. The number of halogens is 2. The van der Waals surface area contributed by atoms with Gasteiger partial charge in [0.05, 0.1) is 35.0 Å². The Morgan fingerprint density at radius 2 is 2.00 bits per heavy atom. The van der Waals surface area contributed by atoms with E-state index in [0.717, 1.165) is 24.2 Å². The van der Waals surface area contributed by atoms with Gasteiger partial charge in [-0.25, -0.2) is 4.39 Å². The molecule has 3 N–H and O–H groups in total. The van der Waals surface area contributed by atoms with Crippen molar-refractivity contribution in [2.45, 2.75) is 0 Å². The molecule has 1 saturated heterocycles. The van der Waals surface area contributed by atoms with Gasteiger partial charge in [-0.15, -0.1) is 0 Å². The normalized spacial score (nSPS) is 14.3. The number of benzene rings is 2. The van der Waals surface area contributed by atoms with Crippen LogP contribution >= 0.6 is 11.6 Å². The highest BCUT2D eigenvalue weighted by Gasteiger charge is 2.17. The van der Waals surface area contributed by atoms with E-state index in [1.807, 2.05) is 18.2 Å². The Labute approximate surface area is 166 Å². The number of pyridine rings is 1. The van der Waals surface area contributed by atoms with Crippen molar-refractivity contribution in [1.82, 2.24) is 4.98 Å². The predicted octanol–water partition coefficient (Wildman–Crippen LogP) is 3.71. The first-order chi connectivity index (χ1) is 13.5. The van der Waals surface area contributed by atoms with Crippen molar-refractivity contribution in [3.05, 3.63) is 59.0 Å². The van der Waals surface area contributed by atoms with Gasteiger partial charge in [-0.3, -0.25) is 9.78 Å². The van der Waals surface area contributed by atoms with Crippen LogP contribution in [0.1, 0.15) is 10.4 Å². The van der Waals surface area contributed by atoms with Gasteiger partial charge in [0.25, 0.3) is 5.91 Å². The van der Waals surface area contributed by atoms with Crippen molar-refractivity contribution in [3.8, 4) is 0 Å². The molecule has 4 rings (SSSR count). The SMILES string of the molecule is NC(=O)c1cnc2ccc(N3CCOCC3)cc2c1Nc1ccc(F)c(Cl)c1. The molecule has 0 aliphatic carbocycles. The Bertz CT molecular complexity index is 1050. The number of rotatable bonds is 4. The number of hydrogen-bond donors (Lipinski definition) is 2. The third kappa shape index (κ3) is 3.58. The lowest BCUT2D eigenvalue weighted by atomic mass is 10.1. The fourth-order valence-electron chi connectivity index (χ4n) is 3.24. The van der Waals surface area contributed by atoms with Crippen molar-refractivity contribution >= 4 is 45.5 Å². The standard InChI is InChI=1S/C20H18ClFN4O2/c21-16-9-12(1-3-17(16)22)25-19-14-10-13(26-5-7-28-8-6-26)2-4-18(14)24-11-15(19)20(23)27/h1-4,9-11H,5-8H2,(H2,23,27)(H,24,25). The lowest BCUT2D eigenvalue weighted by Crippen LogP contribution is -2.36. The first-order valence-electron chi connectivity index (χ1n) is 8.80. The van der Waals surface area contributed by atoms with Crippen LogP contribution in [0.5, 0.6) is 0 Å². The maximum Gasteiger partial charge on any atom is 0.252 e. The van der Waals surface area contributed by atoms with Gasteiger partial charge >= 0.3 is 0 Å². The summed E-state index contributed by atoms with van der Waals surface area (Å²) in [4.78, 5) is 18.6. The smallest absolute Gasteiger partial charge is 0.252 e. The molecule has 0 bridgehead atoms. The molecule has 1 fully saturated rings. The number of nitrogens with zero attached hydrogens (tertiary/aromatic N) is 2. The first-order valence-corrected chi connectivity index (χ1v) is 9.18. The molecule has 0 spiro atoms. The summed E-state index contributed by atoms with van der Waals surface area (Å²) in [5.41, 5.74) is 8.56. The second-order valence-corrected chi connectivity index (χ2v) is 6.87. The molecular formula is C20H18ClFN4O2. The molecular weight excluding hydrogens is 383 g/mol. The van der Waals surface area contributed by atoms with Crippen LogP contribution in [0.25, 0.3) is 10.9 Å². The van der Waals surface area contributed by atoms with E-state index in [0.29, 0.717) is 30.1 Å². The van der Waals surface area contributed by atoms with E-state index < -0.39 is 11.7 Å². The van der Waals surface area contributed by atoms with Gasteiger partial charge in [0.1, 0.15) is 5.82 Å². The van der Waals surface area contributed by atoms with Gasteiger partial charge in [-0.2, -0.15) is 0 Å². The van der Waals surface area contributed by atoms with Crippen LogP contribution in [0.2, 0.25) is 5.02 Å². The van der Waals surface area contributed by atoms with Crippen molar-refractivity contribution < 1.29 is 13.9 Å². The van der Waals surface area contributed by atoms with E-state index in [2.05, 4.69) is 15.2 Å². The van der Waals surface area contributed by atoms with E-state index in [-0.39, 0.29) is 10.6 Å². The zero-order chi connectivity index (χ0) is 19.7. The quantitative estimate of drug-likeness (QED) is 0.697. The summed E-state index contributed by atoms with van der Waals surface area (Å²) >= 11 is 5.89. The average molecular weight is 401 g/mol. The second-order valence-electron chi connectivity index (χ2n) is 6.47. The fraction of sp³-hybridized carbons (Fsp3) is 0.200. The number of nitrogens with one attached hydrogen (secondary N) is 1. The van der Waals surface area contributed by atoms with E-state index >= 15 is 0 Å². The number of primary amides is 1. The number of amides is 1. The summed E-state index contributed by atoms with van der Waals surface area (Å²) in [6.07, 6.45) is 1.44. The van der Waals surface area contributed by atoms with E-state index in [1.54, 1.807) is 6.07 Å². The van der Waals surface area contributed by atoms with Gasteiger partial charge in [-0.05, 0) is 36.4 Å². The van der Waals surface area contributed by atoms with Crippen LogP contribution < -0.4 is 16.0 Å². The summed E-state index contributed by atoms with van der Waals surface area (Å²) in [6, 6.07) is 10.1. The zero-order valence-electron chi connectivity index (χ0n) is 14.9. The number of aromatic nitrogens is 1. The Morgan fingerprint density at radius 3 is 2.71 bits per heavy atom. The number of nitrogens with two attached hydrogens (primary N) is 1. The third-order valence-electron chi connectivity index (χ3n) is 4.68. The Morgan fingerprint density at radius 1 is 1.21 bits per heavy atom. The Kier molecular flexibility index (Phi) is 5.02. The molecule has 0 unspecified atom stereocenters. The molecule has 8 heteroatoms. The first kappa shape index (κ1) is 18.5. The highest BCUT2D eigenvalue weighted by atomic mass is 35.5. The molecule has 1 amide bonds. The van der Waals surface area contributed by atoms with E-state index in [4.69, 9.17) is 22.1 Å². The van der Waals surface area contributed by atoms with E-state index in [9.17, 15) is 9.18 Å². The van der Waals surface area contributed by atoms with Crippen molar-refractivity contribution in [1.29, 1.82) is 0 Å². The van der Waals surface area contributed by atoms with Crippen molar-refractivity contribution in [2.75, 3.05) is 36.5 Å². The summed E-state index contributed by atoms with van der Waals surface area (Å²) in [7, 11) is 0. The molecule has 0 saturated carbocycles. The number of anilines is 3. The summed E-state index contributed by atoms with van der Waals surface area (Å²) in [5, 5.41) is 3.88. The number of ether oxygens (including phenoxy) is 1. The highest BCUT2D eigenvalue weighted by molar-refractivity contribution is 6.31. The maximum atomic E-state index is 13.5. The summed E-state index contributed by atoms with van der Waals surface area (Å²) < 4.78 is 18.9. The van der Waals surface area contributed by atoms with E-state index in [1.165, 1.54) is 18.3 Å². The molecule has 144 valence electrons. The lowest BCUT2D eigenvalue weighted by molar-refractivity contribution is 0.100. The minimum atomic E-state index is -0.609. The van der Waals surface area contributed by atoms with Crippen molar-refractivity contribution in [2.24, 2.45) is 5.73 Å². The van der Waals surface area contributed by atoms with Crippen LogP contribution in [0.4, 0.5) is 21.5 Å². The van der Waals surface area contributed by atoms with Gasteiger partial charge in [0.2, 0.25) is 0 Å². The van der Waals surface area contributed by atoms with Gasteiger partial charge < -0.3 is 20.7 Å². The number of hydrogen-bond acceptors (Lipinski definition) is 5. The largest absolute Gasteiger partial charge is 0.378 e. The Balaban J connectivity index is 1.83. The van der Waals surface area contributed by atoms with Crippen LogP contribution in [0.3, 0.4) is 0 Å². The molecule has 0 radical (unpaired) electrons. The molecule has 2 aromatic carbocycles. The second kappa shape index (κ2) is 7.61. The predicted molar refractivity (Wildman–Crippen MR) is 108 cm³/mol. The van der Waals surface area contributed by atoms with Crippen LogP contribution in [0, 0.1) is 5.82 Å². The van der Waals surface area contributed by atoms with Crippen LogP contribution in [-0.2, 0) is 4.74 Å². The third-order valence-corrected chi connectivity index (χ3v) is 4.97. The molecule has 6 nitrogen and oxygen atoms in total. The molecule has 28 heavy (non-hydrogen) atoms. The van der Waals surface area contributed by atoms with Crippen LogP contribution in [0.15, 0.2) is 42.6 Å². The number of morpholine rings is 1. The number of carbonyl (C=O) groups is 1. The molecule has 2 heterocycles. The van der Waals surface area contributed by atoms with Crippen molar-refractivity contribution in [3.63, 3.8) is 0 Å². The number of fused-ring (bicyclic) bond motifs is 1. The zero-order valence-corrected chi connectivity index (χ0v) is 15.7. The highest BCUT2D eigenvalue weighted by Crippen LogP contribution is 2.33. The van der Waals surface area contributed by atoms with Crippen LogP contribution in [-0.4, -0.2) is 37.2 Å². The maximum absolute atomic E-state index is 13.5. The molecule has 1 aromatic heterocycles. The lowest BCUT2D eigenvalue weighted by Gasteiger charge is -2.29. The summed E-state index contributed by atoms with van der Waals surface area (Å²) in [5.74, 6) is -1.13. The Hall–Kier alpha value is -2.90. The minimum absolute atomic E-state index is 0.0157. The molecule has 0 atom stereocenters. The fourth-order valence-corrected chi connectivity index (χ4v) is 3.42. The molecule has 1 aliphatic rings. The van der Waals surface area contributed by atoms with Gasteiger partial charge in [0, 0.05) is 36.0 Å².